The molecule has 0 aromatic heterocycles. The molecule has 0 saturated heterocycles. The lowest BCUT2D eigenvalue weighted by atomic mass is 9.89. The Labute approximate surface area is 150 Å². The standard InChI is InChI=1S/C18H28N2O4S/c1-3-24-17-12-8-7-11-16(17)20(25(2,22)23)14-18(21)19-13-15-9-5-4-6-10-15/h7-8,11-12,15H,3-6,9-10,13-14H2,1-2H3,(H,19,21). The van der Waals surface area contributed by atoms with Gasteiger partial charge in [0.2, 0.25) is 15.9 Å². The van der Waals surface area contributed by atoms with Crippen LogP contribution in [0.15, 0.2) is 24.3 Å². The second kappa shape index (κ2) is 9.08. The third-order valence-electron chi connectivity index (χ3n) is 4.43. The first kappa shape index (κ1) is 19.6. The van der Waals surface area contributed by atoms with Crippen LogP contribution in [0.25, 0.3) is 0 Å². The van der Waals surface area contributed by atoms with Crippen molar-refractivity contribution in [3.63, 3.8) is 0 Å². The minimum absolute atomic E-state index is 0.240. The second-order valence-electron chi connectivity index (χ2n) is 6.48. The molecule has 1 aromatic carbocycles. The zero-order chi connectivity index (χ0) is 18.3. The fourth-order valence-electron chi connectivity index (χ4n) is 3.16. The molecule has 0 bridgehead atoms. The number of nitrogens with one attached hydrogen (secondary N) is 1. The van der Waals surface area contributed by atoms with Crippen LogP contribution in [0.4, 0.5) is 5.69 Å². The van der Waals surface area contributed by atoms with Gasteiger partial charge in [0.05, 0.1) is 18.6 Å². The van der Waals surface area contributed by atoms with E-state index in [2.05, 4.69) is 5.32 Å². The highest BCUT2D eigenvalue weighted by Gasteiger charge is 2.24. The van der Waals surface area contributed by atoms with Crippen molar-refractivity contribution < 1.29 is 17.9 Å². The van der Waals surface area contributed by atoms with Gasteiger partial charge in [-0.1, -0.05) is 31.4 Å². The van der Waals surface area contributed by atoms with Crippen molar-refractivity contribution in [3.8, 4) is 5.75 Å². The van der Waals surface area contributed by atoms with Crippen LogP contribution in [-0.4, -0.2) is 40.3 Å². The lowest BCUT2D eigenvalue weighted by Gasteiger charge is -2.25. The second-order valence-corrected chi connectivity index (χ2v) is 8.39. The molecule has 2 rings (SSSR count). The third kappa shape index (κ3) is 5.92. The van der Waals surface area contributed by atoms with Crippen LogP contribution in [0.5, 0.6) is 5.75 Å². The molecule has 1 aliphatic rings. The average molecular weight is 368 g/mol. The van der Waals surface area contributed by atoms with Crippen molar-refractivity contribution in [2.75, 3.05) is 30.3 Å². The molecule has 1 N–H and O–H groups in total. The molecule has 25 heavy (non-hydrogen) atoms. The smallest absolute Gasteiger partial charge is 0.240 e. The van der Waals surface area contributed by atoms with E-state index in [1.165, 1.54) is 19.3 Å². The van der Waals surface area contributed by atoms with E-state index in [4.69, 9.17) is 4.74 Å². The highest BCUT2D eigenvalue weighted by Crippen LogP contribution is 2.29. The van der Waals surface area contributed by atoms with Crippen molar-refractivity contribution in [1.82, 2.24) is 5.32 Å². The zero-order valence-electron chi connectivity index (χ0n) is 15.0. The van der Waals surface area contributed by atoms with Crippen molar-refractivity contribution in [3.05, 3.63) is 24.3 Å². The van der Waals surface area contributed by atoms with Gasteiger partial charge >= 0.3 is 0 Å². The Hall–Kier alpha value is -1.76. The van der Waals surface area contributed by atoms with Gasteiger partial charge < -0.3 is 10.1 Å². The Morgan fingerprint density at radius 3 is 2.56 bits per heavy atom. The number of sulfonamides is 1. The Kier molecular flexibility index (Phi) is 7.11. The van der Waals surface area contributed by atoms with E-state index in [0.29, 0.717) is 30.5 Å². The average Bonchev–Trinajstić information content (AvgIpc) is 2.59. The molecule has 1 aromatic rings. The van der Waals surface area contributed by atoms with Gasteiger partial charge in [-0.15, -0.1) is 0 Å². The minimum Gasteiger partial charge on any atom is -0.492 e. The number of para-hydroxylation sites is 2. The lowest BCUT2D eigenvalue weighted by Crippen LogP contribution is -2.42. The third-order valence-corrected chi connectivity index (χ3v) is 5.56. The number of rotatable bonds is 8. The van der Waals surface area contributed by atoms with Crippen molar-refractivity contribution in [2.24, 2.45) is 5.92 Å². The van der Waals surface area contributed by atoms with Gasteiger partial charge in [-0.05, 0) is 37.8 Å². The molecule has 0 radical (unpaired) electrons. The van der Waals surface area contributed by atoms with E-state index in [0.717, 1.165) is 23.4 Å². The monoisotopic (exact) mass is 368 g/mol. The van der Waals surface area contributed by atoms with Gasteiger partial charge in [0.25, 0.3) is 0 Å². The van der Waals surface area contributed by atoms with Crippen LogP contribution >= 0.6 is 0 Å². The zero-order valence-corrected chi connectivity index (χ0v) is 15.8. The molecule has 0 spiro atoms. The van der Waals surface area contributed by atoms with Crippen LogP contribution in [0.3, 0.4) is 0 Å². The van der Waals surface area contributed by atoms with Gasteiger partial charge in [0.1, 0.15) is 12.3 Å². The maximum atomic E-state index is 12.3. The molecule has 7 heteroatoms. The number of carbonyl (C=O) groups excluding carboxylic acids is 1. The molecule has 1 saturated carbocycles. The Bertz CT molecular complexity index is 669. The van der Waals surface area contributed by atoms with E-state index < -0.39 is 10.0 Å². The molecule has 0 heterocycles. The predicted octanol–water partition coefficient (Wildman–Crippen LogP) is 2.55. The maximum Gasteiger partial charge on any atom is 0.240 e. The summed E-state index contributed by atoms with van der Waals surface area (Å²) >= 11 is 0. The molecule has 6 nitrogen and oxygen atoms in total. The number of anilines is 1. The van der Waals surface area contributed by atoms with Crippen LogP contribution in [-0.2, 0) is 14.8 Å². The molecule has 0 atom stereocenters. The van der Waals surface area contributed by atoms with Crippen LogP contribution in [0.2, 0.25) is 0 Å². The van der Waals surface area contributed by atoms with Crippen molar-refractivity contribution in [1.29, 1.82) is 0 Å². The molecule has 1 fully saturated rings. The number of nitrogens with zero attached hydrogens (tertiary/aromatic N) is 1. The van der Waals surface area contributed by atoms with Crippen LogP contribution in [0, 0.1) is 5.92 Å². The first-order valence-electron chi connectivity index (χ1n) is 8.88. The van der Waals surface area contributed by atoms with E-state index >= 15 is 0 Å². The summed E-state index contributed by atoms with van der Waals surface area (Å²) < 4.78 is 31.1. The van der Waals surface area contributed by atoms with Gasteiger partial charge in [0, 0.05) is 6.54 Å². The summed E-state index contributed by atoms with van der Waals surface area (Å²) in [6.07, 6.45) is 7.03. The van der Waals surface area contributed by atoms with Crippen molar-refractivity contribution >= 4 is 21.6 Å². The van der Waals surface area contributed by atoms with Crippen LogP contribution < -0.4 is 14.4 Å². The quantitative estimate of drug-likeness (QED) is 0.765. The van der Waals surface area contributed by atoms with Crippen molar-refractivity contribution in [2.45, 2.75) is 39.0 Å². The van der Waals surface area contributed by atoms with Crippen LogP contribution in [0.1, 0.15) is 39.0 Å². The molecule has 140 valence electrons. The number of hydrogen-bond donors (Lipinski definition) is 1. The molecule has 0 unspecified atom stereocenters. The first-order chi connectivity index (χ1) is 11.9. The summed E-state index contributed by atoms with van der Waals surface area (Å²) in [6.45, 7) is 2.63. The topological polar surface area (TPSA) is 75.7 Å². The fraction of sp³-hybridized carbons (Fsp3) is 0.611. The van der Waals surface area contributed by atoms with E-state index in [9.17, 15) is 13.2 Å². The largest absolute Gasteiger partial charge is 0.492 e. The predicted molar refractivity (Wildman–Crippen MR) is 99.4 cm³/mol. The SMILES string of the molecule is CCOc1ccccc1N(CC(=O)NCC1CCCCC1)S(C)(=O)=O. The van der Waals surface area contributed by atoms with E-state index in [-0.39, 0.29) is 12.5 Å². The first-order valence-corrected chi connectivity index (χ1v) is 10.7. The summed E-state index contributed by atoms with van der Waals surface area (Å²) in [5.74, 6) is 0.665. The highest BCUT2D eigenvalue weighted by molar-refractivity contribution is 7.92. The van der Waals surface area contributed by atoms with Gasteiger partial charge in [-0.3, -0.25) is 9.10 Å². The Balaban J connectivity index is 2.07. The molecule has 0 aliphatic heterocycles. The molecular weight excluding hydrogens is 340 g/mol. The Morgan fingerprint density at radius 1 is 1.24 bits per heavy atom. The molecule has 1 amide bonds. The number of amides is 1. The minimum atomic E-state index is -3.60. The Morgan fingerprint density at radius 2 is 1.92 bits per heavy atom. The summed E-state index contributed by atoms with van der Waals surface area (Å²) in [5.41, 5.74) is 0.389. The van der Waals surface area contributed by atoms with Gasteiger partial charge in [-0.2, -0.15) is 0 Å². The normalized spacial score (nSPS) is 15.6. The number of carbonyl (C=O) groups is 1. The highest BCUT2D eigenvalue weighted by atomic mass is 32.2. The lowest BCUT2D eigenvalue weighted by molar-refractivity contribution is -0.119. The number of hydrogen-bond acceptors (Lipinski definition) is 4. The van der Waals surface area contributed by atoms with E-state index in [1.807, 2.05) is 6.92 Å². The number of ether oxygens (including phenoxy) is 1. The van der Waals surface area contributed by atoms with E-state index in [1.54, 1.807) is 24.3 Å². The summed E-state index contributed by atoms with van der Waals surface area (Å²) in [5, 5.41) is 2.89. The summed E-state index contributed by atoms with van der Waals surface area (Å²) in [4.78, 5) is 12.3. The number of benzene rings is 1. The molecule has 1 aliphatic carbocycles. The maximum absolute atomic E-state index is 12.3. The summed E-state index contributed by atoms with van der Waals surface area (Å²) in [7, 11) is -3.60. The fourth-order valence-corrected chi connectivity index (χ4v) is 4.02. The molecular formula is C18H28N2O4S. The van der Waals surface area contributed by atoms with Gasteiger partial charge in [0.15, 0.2) is 0 Å². The summed E-state index contributed by atoms with van der Waals surface area (Å²) in [6, 6.07) is 6.87. The van der Waals surface area contributed by atoms with Gasteiger partial charge in [-0.25, -0.2) is 8.42 Å².